The third-order valence-corrected chi connectivity index (χ3v) is 5.79. The van der Waals surface area contributed by atoms with Crippen LogP contribution in [0.3, 0.4) is 0 Å². The number of ether oxygens (including phenoxy) is 4. The predicted octanol–water partition coefficient (Wildman–Crippen LogP) is 6.07. The molecule has 0 aromatic heterocycles. The van der Waals surface area contributed by atoms with Crippen LogP contribution in [0.5, 0.6) is 23.0 Å². The number of hydrogen-bond acceptors (Lipinski definition) is 6. The molecular weight excluding hydrogens is 452 g/mol. The van der Waals surface area contributed by atoms with Crippen LogP contribution in [-0.2, 0) is 0 Å². The second kappa shape index (κ2) is 11.9. The zero-order chi connectivity index (χ0) is 25.3. The van der Waals surface area contributed by atoms with E-state index in [4.69, 9.17) is 25.4 Å². The van der Waals surface area contributed by atoms with Gasteiger partial charge in [-0.05, 0) is 68.3 Å². The molecule has 0 spiro atoms. The summed E-state index contributed by atoms with van der Waals surface area (Å²) in [6.45, 7) is 9.16. The Kier molecular flexibility index (Phi) is 8.25. The van der Waals surface area contributed by atoms with E-state index in [2.05, 4.69) is 46.4 Å². The molecule has 4 rings (SSSR count). The van der Waals surface area contributed by atoms with Crippen LogP contribution in [0.25, 0.3) is 0 Å². The summed E-state index contributed by atoms with van der Waals surface area (Å²) >= 11 is 0. The Morgan fingerprint density at radius 2 is 1.22 bits per heavy atom. The molecule has 0 saturated heterocycles. The van der Waals surface area contributed by atoms with Crippen molar-refractivity contribution in [2.75, 3.05) is 42.7 Å². The predicted molar refractivity (Wildman–Crippen MR) is 145 cm³/mol. The van der Waals surface area contributed by atoms with Gasteiger partial charge in [-0.1, -0.05) is 18.6 Å². The summed E-state index contributed by atoms with van der Waals surface area (Å²) in [5.74, 6) is 3.07. The monoisotopic (exact) mass is 484 g/mol. The van der Waals surface area contributed by atoms with Gasteiger partial charge in [0.05, 0.1) is 31.2 Å². The summed E-state index contributed by atoms with van der Waals surface area (Å²) in [7, 11) is 0. The summed E-state index contributed by atoms with van der Waals surface area (Å²) in [6, 6.07) is 11.6. The Morgan fingerprint density at radius 1 is 0.722 bits per heavy atom. The van der Waals surface area contributed by atoms with Gasteiger partial charge < -0.3 is 28.7 Å². The first kappa shape index (κ1) is 24.9. The molecule has 0 atom stereocenters. The van der Waals surface area contributed by atoms with Crippen LogP contribution >= 0.6 is 0 Å². The molecular formula is C30H32N2O4. The molecule has 36 heavy (non-hydrogen) atoms. The van der Waals surface area contributed by atoms with E-state index in [1.807, 2.05) is 63.4 Å². The van der Waals surface area contributed by atoms with E-state index in [-0.39, 0.29) is 0 Å². The first-order chi connectivity index (χ1) is 17.7. The van der Waals surface area contributed by atoms with Crippen molar-refractivity contribution >= 4 is 11.4 Å². The number of rotatable bonds is 10. The number of benzene rings is 2. The second-order valence-electron chi connectivity index (χ2n) is 8.03. The molecule has 2 aliphatic heterocycles. The molecule has 0 aliphatic carbocycles. The lowest BCUT2D eigenvalue weighted by atomic mass is 10.0. The molecule has 186 valence electrons. The Labute approximate surface area is 213 Å². The third kappa shape index (κ3) is 5.69. The fourth-order valence-electron chi connectivity index (χ4n) is 4.16. The van der Waals surface area contributed by atoms with Crippen molar-refractivity contribution in [1.82, 2.24) is 0 Å². The topological polar surface area (TPSA) is 43.4 Å². The minimum absolute atomic E-state index is 0.591. The number of anilines is 2. The highest BCUT2D eigenvalue weighted by Gasteiger charge is 2.18. The van der Waals surface area contributed by atoms with Crippen LogP contribution in [0.15, 0.2) is 84.2 Å². The summed E-state index contributed by atoms with van der Waals surface area (Å²) in [5.41, 5.74) is 4.19. The van der Waals surface area contributed by atoms with Crippen LogP contribution in [0.1, 0.15) is 20.8 Å². The summed E-state index contributed by atoms with van der Waals surface area (Å²) < 4.78 is 22.6. The normalized spacial score (nSPS) is 14.6. The maximum Gasteiger partial charge on any atom is 0.164 e. The van der Waals surface area contributed by atoms with E-state index < -0.39 is 0 Å². The zero-order valence-corrected chi connectivity index (χ0v) is 21.1. The molecule has 6 heteroatoms. The molecule has 0 amide bonds. The molecule has 0 N–H and O–H groups in total. The SMILES string of the molecule is C#COc1ccc(OCC)cc1N1C=CC(C2=CCN(c3cc(OCC)ccc3OCC)C=C2)=CC1. The van der Waals surface area contributed by atoms with Gasteiger partial charge >= 0.3 is 0 Å². The Bertz CT molecular complexity index is 1240. The van der Waals surface area contributed by atoms with Crippen LogP contribution in [0.2, 0.25) is 0 Å². The molecule has 2 aromatic rings. The number of hydrogen-bond donors (Lipinski definition) is 0. The summed E-state index contributed by atoms with van der Waals surface area (Å²) in [5, 5.41) is 0. The van der Waals surface area contributed by atoms with Gasteiger partial charge in [0.25, 0.3) is 0 Å². The lowest BCUT2D eigenvalue weighted by molar-refractivity contribution is 0.331. The minimum atomic E-state index is 0.591. The largest absolute Gasteiger partial charge is 0.494 e. The van der Waals surface area contributed by atoms with E-state index in [0.29, 0.717) is 32.1 Å². The van der Waals surface area contributed by atoms with E-state index in [1.54, 1.807) is 0 Å². The van der Waals surface area contributed by atoms with Crippen LogP contribution in [0, 0.1) is 12.5 Å². The van der Waals surface area contributed by atoms with Crippen molar-refractivity contribution in [2.24, 2.45) is 0 Å². The van der Waals surface area contributed by atoms with Crippen molar-refractivity contribution in [3.63, 3.8) is 0 Å². The Balaban J connectivity index is 1.48. The van der Waals surface area contributed by atoms with Crippen molar-refractivity contribution in [3.8, 4) is 35.5 Å². The van der Waals surface area contributed by atoms with E-state index in [1.165, 1.54) is 5.57 Å². The maximum absolute atomic E-state index is 5.86. The number of allylic oxidation sites excluding steroid dienone is 4. The van der Waals surface area contributed by atoms with Crippen LogP contribution in [-0.4, -0.2) is 32.9 Å². The number of nitrogens with zero attached hydrogens (tertiary/aromatic N) is 2. The summed E-state index contributed by atoms with van der Waals surface area (Å²) in [4.78, 5) is 4.25. The molecule has 6 nitrogen and oxygen atoms in total. The second-order valence-corrected chi connectivity index (χ2v) is 8.03. The van der Waals surface area contributed by atoms with Gasteiger partial charge in [-0.3, -0.25) is 0 Å². The molecule has 2 heterocycles. The third-order valence-electron chi connectivity index (χ3n) is 5.79. The van der Waals surface area contributed by atoms with E-state index in [0.717, 1.165) is 40.7 Å². The molecule has 0 bridgehead atoms. The Morgan fingerprint density at radius 3 is 1.67 bits per heavy atom. The highest BCUT2D eigenvalue weighted by atomic mass is 16.5. The van der Waals surface area contributed by atoms with Gasteiger partial charge in [0.15, 0.2) is 5.75 Å². The average molecular weight is 485 g/mol. The fraction of sp³-hybridized carbons (Fsp3) is 0.267. The van der Waals surface area contributed by atoms with Crippen molar-refractivity contribution in [3.05, 3.63) is 84.2 Å². The van der Waals surface area contributed by atoms with Crippen molar-refractivity contribution < 1.29 is 18.9 Å². The first-order valence-electron chi connectivity index (χ1n) is 12.3. The zero-order valence-electron chi connectivity index (χ0n) is 21.1. The average Bonchev–Trinajstić information content (AvgIpc) is 2.91. The molecule has 2 aliphatic rings. The van der Waals surface area contributed by atoms with Crippen LogP contribution < -0.4 is 28.7 Å². The lowest BCUT2D eigenvalue weighted by Gasteiger charge is -2.28. The maximum atomic E-state index is 5.86. The van der Waals surface area contributed by atoms with Gasteiger partial charge in [-0.25, -0.2) is 0 Å². The van der Waals surface area contributed by atoms with Gasteiger partial charge in [0.2, 0.25) is 0 Å². The smallest absolute Gasteiger partial charge is 0.164 e. The van der Waals surface area contributed by atoms with Crippen molar-refractivity contribution in [2.45, 2.75) is 20.8 Å². The van der Waals surface area contributed by atoms with Gasteiger partial charge in [0, 0.05) is 37.6 Å². The molecule has 0 fully saturated rings. The first-order valence-corrected chi connectivity index (χ1v) is 12.3. The molecule has 0 saturated carbocycles. The van der Waals surface area contributed by atoms with Gasteiger partial charge in [-0.2, -0.15) is 0 Å². The van der Waals surface area contributed by atoms with Crippen LogP contribution in [0.4, 0.5) is 11.4 Å². The standard InChI is InChI=1S/C30H32N2O4/c1-5-33-25-9-11-29(35-7-3)27(21-25)31-17-13-23(14-18-31)24-15-19-32(20-16-24)28-22-26(34-6-2)10-12-30(28)36-8-4/h3,9-17,19,21-22H,5-6,8,18,20H2,1-2,4H3. The molecule has 2 aromatic carbocycles. The molecule has 0 unspecified atom stereocenters. The Hall–Kier alpha value is -4.24. The number of terminal acetylenes is 1. The summed E-state index contributed by atoms with van der Waals surface area (Å²) in [6.07, 6.45) is 20.4. The lowest BCUT2D eigenvalue weighted by Crippen LogP contribution is -2.22. The fourth-order valence-corrected chi connectivity index (χ4v) is 4.16. The molecule has 0 radical (unpaired) electrons. The van der Waals surface area contributed by atoms with Gasteiger partial charge in [0.1, 0.15) is 23.4 Å². The van der Waals surface area contributed by atoms with E-state index >= 15 is 0 Å². The minimum Gasteiger partial charge on any atom is -0.494 e. The van der Waals surface area contributed by atoms with Crippen molar-refractivity contribution in [1.29, 1.82) is 0 Å². The quantitative estimate of drug-likeness (QED) is 0.381. The highest BCUT2D eigenvalue weighted by molar-refractivity contribution is 5.68. The van der Waals surface area contributed by atoms with Gasteiger partial charge in [-0.15, -0.1) is 0 Å². The van der Waals surface area contributed by atoms with E-state index in [9.17, 15) is 0 Å². The highest BCUT2D eigenvalue weighted by Crippen LogP contribution is 2.36.